The first-order valence-electron chi connectivity index (χ1n) is 8.05. The van der Waals surface area contributed by atoms with E-state index in [0.29, 0.717) is 5.62 Å². The number of unbranched alkanes of at least 4 members (excludes halogenated alkanes) is 1. The van der Waals surface area contributed by atoms with Crippen molar-refractivity contribution in [2.45, 2.75) is 19.8 Å². The summed E-state index contributed by atoms with van der Waals surface area (Å²) in [7, 11) is 0. The van der Waals surface area contributed by atoms with Crippen LogP contribution in [0.5, 0.6) is 0 Å². The van der Waals surface area contributed by atoms with E-state index in [-0.39, 0.29) is 0 Å². The summed E-state index contributed by atoms with van der Waals surface area (Å²) in [5, 5.41) is 0. The van der Waals surface area contributed by atoms with Gasteiger partial charge >= 0.3 is 0 Å². The third-order valence-corrected chi connectivity index (χ3v) is 4.81. The Kier molecular flexibility index (Phi) is 4.04. The van der Waals surface area contributed by atoms with Gasteiger partial charge in [0.15, 0.2) is 0 Å². The molecule has 4 aromatic rings. The third kappa shape index (κ3) is 2.69. The van der Waals surface area contributed by atoms with Gasteiger partial charge in [-0.1, -0.05) is 31.5 Å². The molecule has 4 rings (SSSR count). The van der Waals surface area contributed by atoms with Crippen LogP contribution in [0.3, 0.4) is 0 Å². The lowest BCUT2D eigenvalue weighted by Gasteiger charge is -2.07. The van der Waals surface area contributed by atoms with Gasteiger partial charge in [0.25, 0.3) is 0 Å². The summed E-state index contributed by atoms with van der Waals surface area (Å²) in [6.07, 6.45) is 7.69. The average molecular weight is 335 g/mol. The SMILES string of the molecule is CCCCN=c1nc2c(cn1-c1ccccc1)sc1nccnc12. The van der Waals surface area contributed by atoms with E-state index in [1.165, 1.54) is 0 Å². The maximum absolute atomic E-state index is 4.82. The molecule has 0 atom stereocenters. The average Bonchev–Trinajstić information content (AvgIpc) is 3.00. The number of hydrogen-bond acceptors (Lipinski definition) is 5. The number of aromatic nitrogens is 4. The van der Waals surface area contributed by atoms with Crippen molar-refractivity contribution in [3.63, 3.8) is 0 Å². The first-order valence-corrected chi connectivity index (χ1v) is 8.87. The predicted molar refractivity (Wildman–Crippen MR) is 97.4 cm³/mol. The maximum Gasteiger partial charge on any atom is 0.230 e. The summed E-state index contributed by atoms with van der Waals surface area (Å²) in [5.74, 6) is 0. The molecule has 24 heavy (non-hydrogen) atoms. The second kappa shape index (κ2) is 6.49. The van der Waals surface area contributed by atoms with Gasteiger partial charge in [-0.2, -0.15) is 0 Å². The molecule has 0 spiro atoms. The summed E-state index contributed by atoms with van der Waals surface area (Å²) in [6, 6.07) is 10.2. The zero-order chi connectivity index (χ0) is 16.4. The predicted octanol–water partition coefficient (Wildman–Crippen LogP) is 3.73. The Bertz CT molecular complexity index is 1050. The van der Waals surface area contributed by atoms with Crippen LogP contribution in [-0.2, 0) is 0 Å². The lowest BCUT2D eigenvalue weighted by Crippen LogP contribution is -2.23. The third-order valence-electron chi connectivity index (χ3n) is 3.80. The molecule has 0 aliphatic carbocycles. The lowest BCUT2D eigenvalue weighted by atomic mass is 10.3. The number of hydrogen-bond donors (Lipinski definition) is 0. The Balaban J connectivity index is 2.00. The van der Waals surface area contributed by atoms with Crippen LogP contribution in [0.25, 0.3) is 26.3 Å². The molecular weight excluding hydrogens is 318 g/mol. The van der Waals surface area contributed by atoms with Crippen LogP contribution in [0.1, 0.15) is 19.8 Å². The highest BCUT2D eigenvalue weighted by Gasteiger charge is 2.11. The minimum atomic E-state index is 0.715. The second-order valence-electron chi connectivity index (χ2n) is 5.51. The van der Waals surface area contributed by atoms with Crippen LogP contribution < -0.4 is 5.62 Å². The highest BCUT2D eigenvalue weighted by molar-refractivity contribution is 7.25. The summed E-state index contributed by atoms with van der Waals surface area (Å²) in [5.41, 5.74) is 3.50. The number of thiophene rings is 1. The van der Waals surface area contributed by atoms with Crippen LogP contribution in [-0.4, -0.2) is 26.1 Å². The monoisotopic (exact) mass is 335 g/mol. The van der Waals surface area contributed by atoms with Gasteiger partial charge in [0.2, 0.25) is 5.62 Å². The standard InChI is InChI=1S/C18H17N5S/c1-2-3-9-21-18-22-15-14(24-17-16(15)19-10-11-20-17)12-23(18)13-7-5-4-6-8-13/h4-8,10-12H,2-3,9H2,1H3. The first-order chi connectivity index (χ1) is 11.9. The molecule has 6 heteroatoms. The molecular formula is C18H17N5S. The van der Waals surface area contributed by atoms with Gasteiger partial charge in [0.05, 0.1) is 4.70 Å². The van der Waals surface area contributed by atoms with Gasteiger partial charge in [-0.3, -0.25) is 9.56 Å². The van der Waals surface area contributed by atoms with Crippen LogP contribution in [0.2, 0.25) is 0 Å². The molecule has 1 aromatic carbocycles. The fourth-order valence-corrected chi connectivity index (χ4v) is 3.55. The zero-order valence-electron chi connectivity index (χ0n) is 13.4. The van der Waals surface area contributed by atoms with Crippen molar-refractivity contribution in [3.05, 3.63) is 54.5 Å². The molecule has 0 saturated carbocycles. The van der Waals surface area contributed by atoms with Crippen LogP contribution in [0.15, 0.2) is 53.9 Å². The summed E-state index contributed by atoms with van der Waals surface area (Å²) in [4.78, 5) is 19.3. The van der Waals surface area contributed by atoms with Gasteiger partial charge in [-0.15, -0.1) is 11.3 Å². The molecule has 120 valence electrons. The van der Waals surface area contributed by atoms with E-state index in [2.05, 4.69) is 35.2 Å². The number of fused-ring (bicyclic) bond motifs is 3. The molecule has 0 aliphatic heterocycles. The van der Waals surface area contributed by atoms with E-state index < -0.39 is 0 Å². The van der Waals surface area contributed by atoms with E-state index in [4.69, 9.17) is 9.98 Å². The van der Waals surface area contributed by atoms with Gasteiger partial charge < -0.3 is 0 Å². The molecule has 5 nitrogen and oxygen atoms in total. The molecule has 3 heterocycles. The van der Waals surface area contributed by atoms with Crippen LogP contribution >= 0.6 is 11.3 Å². The number of benzene rings is 1. The molecule has 0 bridgehead atoms. The quantitative estimate of drug-likeness (QED) is 0.534. The van der Waals surface area contributed by atoms with Gasteiger partial charge in [0, 0.05) is 30.8 Å². The van der Waals surface area contributed by atoms with Crippen molar-refractivity contribution in [2.24, 2.45) is 4.99 Å². The second-order valence-corrected chi connectivity index (χ2v) is 6.54. The summed E-state index contributed by atoms with van der Waals surface area (Å²) >= 11 is 1.61. The van der Waals surface area contributed by atoms with Gasteiger partial charge in [-0.05, 0) is 18.6 Å². The molecule has 3 aromatic heterocycles. The van der Waals surface area contributed by atoms with E-state index >= 15 is 0 Å². The first kappa shape index (κ1) is 15.0. The fourth-order valence-electron chi connectivity index (χ4n) is 2.58. The highest BCUT2D eigenvalue weighted by Crippen LogP contribution is 2.28. The van der Waals surface area contributed by atoms with Crippen molar-refractivity contribution in [1.82, 2.24) is 19.5 Å². The van der Waals surface area contributed by atoms with E-state index in [0.717, 1.165) is 45.6 Å². The van der Waals surface area contributed by atoms with Gasteiger partial charge in [-0.25, -0.2) is 15.0 Å². The lowest BCUT2D eigenvalue weighted by molar-refractivity contribution is 0.759. The van der Waals surface area contributed by atoms with Crippen LogP contribution in [0.4, 0.5) is 0 Å². The Labute approximate surface area is 143 Å². The number of nitrogens with zero attached hydrogens (tertiary/aromatic N) is 5. The number of rotatable bonds is 4. The van der Waals surface area contributed by atoms with E-state index in [9.17, 15) is 0 Å². The minimum absolute atomic E-state index is 0.715. The number of para-hydroxylation sites is 1. The zero-order valence-corrected chi connectivity index (χ0v) is 14.2. The molecule has 0 fully saturated rings. The smallest absolute Gasteiger partial charge is 0.230 e. The Morgan fingerprint density at radius 3 is 2.75 bits per heavy atom. The summed E-state index contributed by atoms with van der Waals surface area (Å²) in [6.45, 7) is 2.94. The van der Waals surface area contributed by atoms with Crippen molar-refractivity contribution in [2.75, 3.05) is 6.54 Å². The Hall–Kier alpha value is -2.60. The Morgan fingerprint density at radius 2 is 1.92 bits per heavy atom. The molecule has 0 saturated heterocycles. The van der Waals surface area contributed by atoms with Crippen molar-refractivity contribution >= 4 is 31.9 Å². The normalized spacial score (nSPS) is 12.3. The van der Waals surface area contributed by atoms with Crippen molar-refractivity contribution < 1.29 is 0 Å². The molecule has 0 unspecified atom stereocenters. The minimum Gasteiger partial charge on any atom is -0.285 e. The van der Waals surface area contributed by atoms with Crippen LogP contribution in [0, 0.1) is 0 Å². The van der Waals surface area contributed by atoms with E-state index in [1.807, 2.05) is 22.8 Å². The van der Waals surface area contributed by atoms with E-state index in [1.54, 1.807) is 23.7 Å². The molecule has 0 amide bonds. The highest BCUT2D eigenvalue weighted by atomic mass is 32.1. The molecule has 0 aliphatic rings. The maximum atomic E-state index is 4.82. The molecule has 0 radical (unpaired) electrons. The summed E-state index contributed by atoms with van der Waals surface area (Å²) < 4.78 is 3.11. The van der Waals surface area contributed by atoms with Crippen molar-refractivity contribution in [1.29, 1.82) is 0 Å². The molecule has 0 N–H and O–H groups in total. The largest absolute Gasteiger partial charge is 0.285 e. The fraction of sp³-hybridized carbons (Fsp3) is 0.222. The Morgan fingerprint density at radius 1 is 1.08 bits per heavy atom. The topological polar surface area (TPSA) is 56.0 Å². The van der Waals surface area contributed by atoms with Crippen molar-refractivity contribution in [3.8, 4) is 5.69 Å². The van der Waals surface area contributed by atoms with Gasteiger partial charge in [0.1, 0.15) is 15.9 Å².